The average molecular weight is 274 g/mol. The highest BCUT2D eigenvalue weighted by atomic mass is 32.2. The van der Waals surface area contributed by atoms with Crippen LogP contribution in [0.5, 0.6) is 0 Å². The smallest absolute Gasteiger partial charge is 0.175 e. The molecule has 1 rings (SSSR count). The molecule has 0 heterocycles. The third kappa shape index (κ3) is 4.05. The molecule has 0 aliphatic carbocycles. The van der Waals surface area contributed by atoms with E-state index in [4.69, 9.17) is 0 Å². The summed E-state index contributed by atoms with van der Waals surface area (Å²) in [6.45, 7) is 1.71. The van der Waals surface area contributed by atoms with Crippen LogP contribution in [0.4, 0.5) is 0 Å². The molecule has 0 N–H and O–H groups in total. The number of hydrogen-bond donors (Lipinski definition) is 0. The number of carbonyl (C=O) groups is 1. The first kappa shape index (κ1) is 14.1. The Morgan fingerprint density at radius 2 is 1.76 bits per heavy atom. The molecule has 0 aliphatic heterocycles. The van der Waals surface area contributed by atoms with Gasteiger partial charge in [0.2, 0.25) is 0 Å². The maximum Gasteiger partial charge on any atom is 0.175 e. The lowest BCUT2D eigenvalue weighted by Gasteiger charge is -2.02. The van der Waals surface area contributed by atoms with E-state index in [1.54, 1.807) is 6.92 Å². The Morgan fingerprint density at radius 3 is 2.18 bits per heavy atom. The maximum atomic E-state index is 11.7. The van der Waals surface area contributed by atoms with Gasteiger partial charge in [-0.05, 0) is 24.3 Å². The predicted octanol–water partition coefficient (Wildman–Crippen LogP) is 1.18. The van der Waals surface area contributed by atoms with Crippen molar-refractivity contribution in [3.63, 3.8) is 0 Å². The summed E-state index contributed by atoms with van der Waals surface area (Å²) in [6.07, 6.45) is 1.47. The van der Waals surface area contributed by atoms with Gasteiger partial charge in [0.25, 0.3) is 0 Å². The summed E-state index contributed by atoms with van der Waals surface area (Å²) in [5, 5.41) is 0. The fraction of sp³-hybridized carbons (Fsp3) is 0.364. The average Bonchev–Trinajstić information content (AvgIpc) is 2.27. The Morgan fingerprint density at radius 1 is 1.24 bits per heavy atom. The van der Waals surface area contributed by atoms with E-state index in [1.807, 2.05) is 0 Å². The molecule has 17 heavy (non-hydrogen) atoms. The Kier molecular flexibility index (Phi) is 4.59. The zero-order chi connectivity index (χ0) is 13.1. The van der Waals surface area contributed by atoms with Crippen LogP contribution >= 0.6 is 0 Å². The molecule has 94 valence electrons. The van der Waals surface area contributed by atoms with E-state index < -0.39 is 20.6 Å². The zero-order valence-electron chi connectivity index (χ0n) is 9.67. The first-order valence-electron chi connectivity index (χ1n) is 5.04. The lowest BCUT2D eigenvalue weighted by atomic mass is 10.3. The first-order valence-corrected chi connectivity index (χ1v) is 8.26. The molecular formula is C11H14O4S2. The molecule has 4 nitrogen and oxygen atoms in total. The van der Waals surface area contributed by atoms with E-state index in [9.17, 15) is 17.4 Å². The normalized spacial score (nSPS) is 13.3. The summed E-state index contributed by atoms with van der Waals surface area (Å²) in [4.78, 5) is 11.8. The van der Waals surface area contributed by atoms with Gasteiger partial charge < -0.3 is 0 Å². The second-order valence-electron chi connectivity index (χ2n) is 3.63. The molecule has 0 radical (unpaired) electrons. The molecule has 1 aromatic rings. The minimum Gasteiger partial charge on any atom is -0.299 e. The SMILES string of the molecule is CCC(=O)CS(=O)c1ccc(S(C)(=O)=O)cc1. The van der Waals surface area contributed by atoms with E-state index in [0.717, 1.165) is 6.26 Å². The quantitative estimate of drug-likeness (QED) is 0.808. The second kappa shape index (κ2) is 5.55. The van der Waals surface area contributed by atoms with Crippen LogP contribution in [0.3, 0.4) is 0 Å². The highest BCUT2D eigenvalue weighted by molar-refractivity contribution is 7.90. The summed E-state index contributed by atoms with van der Waals surface area (Å²) in [5.41, 5.74) is 0. The van der Waals surface area contributed by atoms with Crippen molar-refractivity contribution in [2.75, 3.05) is 12.0 Å². The van der Waals surface area contributed by atoms with Crippen LogP contribution in [-0.4, -0.2) is 30.4 Å². The van der Waals surface area contributed by atoms with Crippen LogP contribution in [0.2, 0.25) is 0 Å². The van der Waals surface area contributed by atoms with Crippen molar-refractivity contribution < 1.29 is 17.4 Å². The van der Waals surface area contributed by atoms with E-state index in [1.165, 1.54) is 24.3 Å². The molecule has 6 heteroatoms. The van der Waals surface area contributed by atoms with Gasteiger partial charge in [-0.25, -0.2) is 8.42 Å². The summed E-state index contributed by atoms with van der Waals surface area (Å²) >= 11 is 0. The molecule has 0 spiro atoms. The van der Waals surface area contributed by atoms with Crippen molar-refractivity contribution in [1.82, 2.24) is 0 Å². The van der Waals surface area contributed by atoms with Gasteiger partial charge in [0, 0.05) is 17.6 Å². The largest absolute Gasteiger partial charge is 0.299 e. The Balaban J connectivity index is 2.88. The Bertz CT molecular complexity index is 529. The number of Topliss-reactive ketones (excluding diaryl/α,β-unsaturated/α-hetero) is 1. The molecule has 0 amide bonds. The number of hydrogen-bond acceptors (Lipinski definition) is 4. The molecule has 0 bridgehead atoms. The first-order chi connectivity index (χ1) is 7.84. The van der Waals surface area contributed by atoms with Gasteiger partial charge in [-0.1, -0.05) is 6.92 Å². The van der Waals surface area contributed by atoms with E-state index in [2.05, 4.69) is 0 Å². The monoisotopic (exact) mass is 274 g/mol. The molecule has 1 unspecified atom stereocenters. The van der Waals surface area contributed by atoms with Crippen LogP contribution in [-0.2, 0) is 25.4 Å². The van der Waals surface area contributed by atoms with Crippen molar-refractivity contribution in [3.8, 4) is 0 Å². The van der Waals surface area contributed by atoms with Crippen LogP contribution in [0.1, 0.15) is 13.3 Å². The van der Waals surface area contributed by atoms with Crippen LogP contribution in [0.15, 0.2) is 34.1 Å². The molecule has 0 saturated carbocycles. The summed E-state index contributed by atoms with van der Waals surface area (Å²) in [7, 11) is -4.63. The van der Waals surface area contributed by atoms with E-state index in [-0.39, 0.29) is 16.4 Å². The topological polar surface area (TPSA) is 68.3 Å². The Hall–Kier alpha value is -1.01. The molecule has 0 fully saturated rings. The highest BCUT2D eigenvalue weighted by Gasteiger charge is 2.11. The molecule has 1 atom stereocenters. The predicted molar refractivity (Wildman–Crippen MR) is 66.1 cm³/mol. The highest BCUT2D eigenvalue weighted by Crippen LogP contribution is 2.13. The van der Waals surface area contributed by atoms with Crippen LogP contribution < -0.4 is 0 Å². The standard InChI is InChI=1S/C11H14O4S2/c1-3-9(12)8-16(13)10-4-6-11(7-5-10)17(2,14)15/h4-7H,3,8H2,1-2H3. The minimum atomic E-state index is -3.24. The number of benzene rings is 1. The third-order valence-corrected chi connectivity index (χ3v) is 4.71. The van der Waals surface area contributed by atoms with Crippen molar-refractivity contribution in [2.24, 2.45) is 0 Å². The third-order valence-electron chi connectivity index (χ3n) is 2.20. The van der Waals surface area contributed by atoms with E-state index >= 15 is 0 Å². The number of sulfone groups is 1. The lowest BCUT2D eigenvalue weighted by Crippen LogP contribution is -2.09. The maximum absolute atomic E-state index is 11.7. The zero-order valence-corrected chi connectivity index (χ0v) is 11.3. The fourth-order valence-electron chi connectivity index (χ4n) is 1.17. The van der Waals surface area contributed by atoms with E-state index in [0.29, 0.717) is 11.3 Å². The molecule has 1 aromatic carbocycles. The van der Waals surface area contributed by atoms with Gasteiger partial charge in [-0.15, -0.1) is 0 Å². The van der Waals surface area contributed by atoms with Crippen molar-refractivity contribution in [3.05, 3.63) is 24.3 Å². The van der Waals surface area contributed by atoms with Gasteiger partial charge >= 0.3 is 0 Å². The lowest BCUT2D eigenvalue weighted by molar-refractivity contribution is -0.116. The molecule has 0 aliphatic rings. The molecule has 0 aromatic heterocycles. The van der Waals surface area contributed by atoms with Gasteiger partial charge in [0.05, 0.1) is 21.4 Å². The van der Waals surface area contributed by atoms with Gasteiger partial charge in [-0.3, -0.25) is 9.00 Å². The van der Waals surface area contributed by atoms with Crippen LogP contribution in [0.25, 0.3) is 0 Å². The summed E-state index contributed by atoms with van der Waals surface area (Å²) < 4.78 is 34.1. The van der Waals surface area contributed by atoms with Crippen molar-refractivity contribution in [1.29, 1.82) is 0 Å². The number of rotatable bonds is 5. The molecular weight excluding hydrogens is 260 g/mol. The van der Waals surface area contributed by atoms with Crippen molar-refractivity contribution >= 4 is 26.4 Å². The fourth-order valence-corrected chi connectivity index (χ4v) is 2.90. The van der Waals surface area contributed by atoms with Crippen LogP contribution in [0, 0.1) is 0 Å². The van der Waals surface area contributed by atoms with Gasteiger partial charge in [0.15, 0.2) is 9.84 Å². The summed E-state index contributed by atoms with van der Waals surface area (Å²) in [5.74, 6) is -0.0927. The minimum absolute atomic E-state index is 0.0191. The number of ketones is 1. The van der Waals surface area contributed by atoms with Gasteiger partial charge in [-0.2, -0.15) is 0 Å². The summed E-state index contributed by atoms with van der Waals surface area (Å²) in [6, 6.07) is 5.77. The molecule has 0 saturated heterocycles. The van der Waals surface area contributed by atoms with Crippen molar-refractivity contribution in [2.45, 2.75) is 23.1 Å². The number of carbonyl (C=O) groups excluding carboxylic acids is 1. The Labute approximate surface area is 103 Å². The second-order valence-corrected chi connectivity index (χ2v) is 7.09. The van der Waals surface area contributed by atoms with Gasteiger partial charge in [0.1, 0.15) is 5.78 Å².